The molecular weight excluding hydrogens is 307 g/mol. The quantitative estimate of drug-likeness (QED) is 0.640. The van der Waals surface area contributed by atoms with E-state index in [2.05, 4.69) is 20.9 Å². The fraction of sp³-hybridized carbons (Fsp3) is 0. The monoisotopic (exact) mass is 312 g/mol. The minimum absolute atomic E-state index is 0.137. The number of aromatic nitrogens is 1. The predicted molar refractivity (Wildman–Crippen MR) is 65.1 cm³/mol. The molecule has 18 heavy (non-hydrogen) atoms. The summed E-state index contributed by atoms with van der Waals surface area (Å²) >= 11 is 3.00. The second kappa shape index (κ2) is 5.09. The third-order valence-electron chi connectivity index (χ3n) is 2.05. The van der Waals surface area contributed by atoms with E-state index in [1.807, 2.05) is 0 Å². The van der Waals surface area contributed by atoms with Crippen molar-refractivity contribution in [1.82, 2.24) is 4.98 Å². The molecule has 0 aliphatic carbocycles. The van der Waals surface area contributed by atoms with E-state index in [1.54, 1.807) is 0 Å². The molecule has 0 atom stereocenters. The maximum atomic E-state index is 13.3. The molecule has 0 spiro atoms. The van der Waals surface area contributed by atoms with Crippen LogP contribution in [0.5, 0.6) is 11.6 Å². The Kier molecular flexibility index (Phi) is 3.52. The largest absolute Gasteiger partial charge is 0.434 e. The molecule has 1 aromatic carbocycles. The van der Waals surface area contributed by atoms with Gasteiger partial charge in [0.25, 0.3) is 5.88 Å². The fourth-order valence-electron chi connectivity index (χ4n) is 1.25. The molecule has 0 radical (unpaired) electrons. The molecule has 5 nitrogen and oxygen atoms in total. The Bertz CT molecular complexity index is 607. The van der Waals surface area contributed by atoms with E-state index in [0.717, 1.165) is 6.07 Å². The predicted octanol–water partition coefficient (Wildman–Crippen LogP) is 3.68. The first-order valence-electron chi connectivity index (χ1n) is 4.80. The number of hydrogen-bond acceptors (Lipinski definition) is 4. The average Bonchev–Trinajstić information content (AvgIpc) is 2.34. The molecule has 2 aromatic rings. The molecule has 92 valence electrons. The van der Waals surface area contributed by atoms with Gasteiger partial charge < -0.3 is 4.74 Å². The SMILES string of the molecule is O=[N+]([O-])c1cccnc1Oc1ccc(Br)c(F)c1. The van der Waals surface area contributed by atoms with Gasteiger partial charge in [0.15, 0.2) is 0 Å². The molecule has 0 saturated heterocycles. The summed E-state index contributed by atoms with van der Waals surface area (Å²) in [6.45, 7) is 0. The molecule has 0 aliphatic heterocycles. The second-order valence-electron chi connectivity index (χ2n) is 3.26. The van der Waals surface area contributed by atoms with Gasteiger partial charge in [-0.05, 0) is 34.1 Å². The van der Waals surface area contributed by atoms with Crippen molar-refractivity contribution in [2.24, 2.45) is 0 Å². The molecule has 0 saturated carbocycles. The minimum Gasteiger partial charge on any atom is -0.434 e. The number of nitrogens with zero attached hydrogens (tertiary/aromatic N) is 2. The topological polar surface area (TPSA) is 65.3 Å². The van der Waals surface area contributed by atoms with Crippen LogP contribution in [-0.2, 0) is 0 Å². The van der Waals surface area contributed by atoms with Crippen molar-refractivity contribution < 1.29 is 14.1 Å². The molecule has 0 bridgehead atoms. The van der Waals surface area contributed by atoms with Crippen LogP contribution < -0.4 is 4.74 Å². The lowest BCUT2D eigenvalue weighted by Gasteiger charge is -2.05. The van der Waals surface area contributed by atoms with Gasteiger partial charge in [-0.3, -0.25) is 10.1 Å². The van der Waals surface area contributed by atoms with Crippen molar-refractivity contribution in [2.45, 2.75) is 0 Å². The fourth-order valence-corrected chi connectivity index (χ4v) is 1.50. The summed E-state index contributed by atoms with van der Waals surface area (Å²) in [5.41, 5.74) is -0.277. The molecule has 0 aliphatic rings. The number of ether oxygens (including phenoxy) is 1. The van der Waals surface area contributed by atoms with Crippen LogP contribution >= 0.6 is 15.9 Å². The number of benzene rings is 1. The van der Waals surface area contributed by atoms with Gasteiger partial charge in [-0.15, -0.1) is 0 Å². The van der Waals surface area contributed by atoms with Gasteiger partial charge in [-0.1, -0.05) is 0 Å². The number of halogens is 2. The molecule has 1 heterocycles. The first-order chi connectivity index (χ1) is 8.58. The highest BCUT2D eigenvalue weighted by Crippen LogP contribution is 2.30. The zero-order valence-electron chi connectivity index (χ0n) is 8.84. The third kappa shape index (κ3) is 2.62. The second-order valence-corrected chi connectivity index (χ2v) is 4.12. The van der Waals surface area contributed by atoms with Crippen molar-refractivity contribution in [1.29, 1.82) is 0 Å². The summed E-state index contributed by atoms with van der Waals surface area (Å²) in [6, 6.07) is 6.72. The molecular formula is C11H6BrFN2O3. The van der Waals surface area contributed by atoms with Gasteiger partial charge in [-0.25, -0.2) is 9.37 Å². The van der Waals surface area contributed by atoms with E-state index in [-0.39, 0.29) is 21.8 Å². The third-order valence-corrected chi connectivity index (χ3v) is 2.70. The lowest BCUT2D eigenvalue weighted by molar-refractivity contribution is -0.386. The first kappa shape index (κ1) is 12.4. The Balaban J connectivity index is 2.34. The van der Waals surface area contributed by atoms with Crippen LogP contribution in [0.4, 0.5) is 10.1 Å². The zero-order valence-corrected chi connectivity index (χ0v) is 10.4. The van der Waals surface area contributed by atoms with Gasteiger partial charge in [0.1, 0.15) is 11.6 Å². The van der Waals surface area contributed by atoms with E-state index in [4.69, 9.17) is 4.74 Å². The van der Waals surface area contributed by atoms with Gasteiger partial charge in [-0.2, -0.15) is 0 Å². The molecule has 1 aromatic heterocycles. The van der Waals surface area contributed by atoms with Crippen LogP contribution in [0.1, 0.15) is 0 Å². The van der Waals surface area contributed by atoms with Crippen molar-refractivity contribution in [2.75, 3.05) is 0 Å². The van der Waals surface area contributed by atoms with Gasteiger partial charge in [0.2, 0.25) is 0 Å². The minimum atomic E-state index is -0.614. The normalized spacial score (nSPS) is 10.1. The standard InChI is InChI=1S/C11H6BrFN2O3/c12-8-4-3-7(6-9(8)13)18-11-10(15(16)17)2-1-5-14-11/h1-6H. The highest BCUT2D eigenvalue weighted by Gasteiger charge is 2.16. The van der Waals surface area contributed by atoms with Crippen LogP contribution in [0.15, 0.2) is 41.0 Å². The van der Waals surface area contributed by atoms with Crippen LogP contribution in [0.25, 0.3) is 0 Å². The first-order valence-corrected chi connectivity index (χ1v) is 5.59. The number of pyridine rings is 1. The Hall–Kier alpha value is -2.02. The molecule has 0 unspecified atom stereocenters. The summed E-state index contributed by atoms with van der Waals surface area (Å²) < 4.78 is 18.7. The molecule has 0 amide bonds. The van der Waals surface area contributed by atoms with E-state index >= 15 is 0 Å². The molecule has 7 heteroatoms. The summed E-state index contributed by atoms with van der Waals surface area (Å²) in [4.78, 5) is 13.9. The van der Waals surface area contributed by atoms with Gasteiger partial charge >= 0.3 is 5.69 Å². The van der Waals surface area contributed by atoms with Crippen LogP contribution in [0.2, 0.25) is 0 Å². The van der Waals surface area contributed by atoms with Gasteiger partial charge in [0.05, 0.1) is 9.40 Å². The van der Waals surface area contributed by atoms with Crippen LogP contribution in [0, 0.1) is 15.9 Å². The summed E-state index contributed by atoms with van der Waals surface area (Å²) in [5.74, 6) is -0.562. The maximum absolute atomic E-state index is 13.3. The lowest BCUT2D eigenvalue weighted by Crippen LogP contribution is -1.95. The molecule has 2 rings (SSSR count). The lowest BCUT2D eigenvalue weighted by atomic mass is 10.3. The Morgan fingerprint density at radius 3 is 2.83 bits per heavy atom. The zero-order chi connectivity index (χ0) is 13.1. The van der Waals surface area contributed by atoms with Crippen LogP contribution in [0.3, 0.4) is 0 Å². The summed E-state index contributed by atoms with van der Waals surface area (Å²) in [6.07, 6.45) is 1.36. The van der Waals surface area contributed by atoms with E-state index < -0.39 is 10.7 Å². The van der Waals surface area contributed by atoms with Crippen molar-refractivity contribution in [3.63, 3.8) is 0 Å². The molecule has 0 N–H and O–H groups in total. The van der Waals surface area contributed by atoms with Crippen molar-refractivity contribution in [3.05, 3.63) is 56.9 Å². The average molecular weight is 313 g/mol. The van der Waals surface area contributed by atoms with E-state index in [9.17, 15) is 14.5 Å². The van der Waals surface area contributed by atoms with Crippen LogP contribution in [-0.4, -0.2) is 9.91 Å². The Morgan fingerprint density at radius 2 is 2.17 bits per heavy atom. The van der Waals surface area contributed by atoms with E-state index in [1.165, 1.54) is 30.5 Å². The summed E-state index contributed by atoms with van der Waals surface area (Å²) in [7, 11) is 0. The maximum Gasteiger partial charge on any atom is 0.331 e. The number of rotatable bonds is 3. The molecule has 0 fully saturated rings. The summed E-state index contributed by atoms with van der Waals surface area (Å²) in [5, 5.41) is 10.7. The number of hydrogen-bond donors (Lipinski definition) is 0. The van der Waals surface area contributed by atoms with Crippen molar-refractivity contribution in [3.8, 4) is 11.6 Å². The Labute approximate surface area is 110 Å². The Morgan fingerprint density at radius 1 is 1.39 bits per heavy atom. The number of nitro groups is 1. The highest BCUT2D eigenvalue weighted by atomic mass is 79.9. The van der Waals surface area contributed by atoms with E-state index in [0.29, 0.717) is 0 Å². The van der Waals surface area contributed by atoms with Crippen molar-refractivity contribution >= 4 is 21.6 Å². The highest BCUT2D eigenvalue weighted by molar-refractivity contribution is 9.10. The van der Waals surface area contributed by atoms with Gasteiger partial charge in [0, 0.05) is 18.3 Å². The smallest absolute Gasteiger partial charge is 0.331 e.